The largest absolute Gasteiger partial charge is 0.481 e. The fourth-order valence-electron chi connectivity index (χ4n) is 0.845. The molecular formula is C7H6OS. The van der Waals surface area contributed by atoms with Gasteiger partial charge in [0.15, 0.2) is 0 Å². The fraction of sp³-hybridized carbons (Fsp3) is 0.143. The van der Waals surface area contributed by atoms with Crippen molar-refractivity contribution < 1.29 is 4.74 Å². The highest BCUT2D eigenvalue weighted by Gasteiger charge is 2.09. The van der Waals surface area contributed by atoms with E-state index in [1.807, 2.05) is 18.2 Å². The third kappa shape index (κ3) is 0.793. The van der Waals surface area contributed by atoms with Gasteiger partial charge in [0.25, 0.3) is 0 Å². The van der Waals surface area contributed by atoms with E-state index >= 15 is 0 Å². The van der Waals surface area contributed by atoms with Crippen molar-refractivity contribution in [3.63, 3.8) is 0 Å². The Bertz CT molecular complexity index is 199. The molecule has 0 saturated carbocycles. The molecule has 0 atom stereocenters. The molecule has 0 aliphatic carbocycles. The van der Waals surface area contributed by atoms with Crippen LogP contribution in [-0.2, 0) is 0 Å². The van der Waals surface area contributed by atoms with Crippen molar-refractivity contribution in [2.45, 2.75) is 4.90 Å². The Labute approximate surface area is 58.0 Å². The predicted octanol–water partition coefficient (Wildman–Crippen LogP) is 2.13. The lowest BCUT2D eigenvalue weighted by Gasteiger charge is -1.92. The van der Waals surface area contributed by atoms with E-state index in [9.17, 15) is 0 Å². The van der Waals surface area contributed by atoms with E-state index in [4.69, 9.17) is 4.74 Å². The van der Waals surface area contributed by atoms with Gasteiger partial charge in [-0.2, -0.15) is 0 Å². The number of thioether (sulfide) groups is 1. The lowest BCUT2D eigenvalue weighted by atomic mass is 10.3. The average Bonchev–Trinajstić information content (AvgIpc) is 2.33. The number of hydrogen-bond acceptors (Lipinski definition) is 2. The fourth-order valence-corrected chi connectivity index (χ4v) is 1.60. The lowest BCUT2D eigenvalue weighted by molar-refractivity contribution is 0.397. The van der Waals surface area contributed by atoms with Crippen molar-refractivity contribution in [2.75, 3.05) is 5.94 Å². The predicted molar refractivity (Wildman–Crippen MR) is 37.8 cm³/mol. The summed E-state index contributed by atoms with van der Waals surface area (Å²) in [7, 11) is 0. The molecule has 0 bridgehead atoms. The molecule has 0 fully saturated rings. The maximum atomic E-state index is 5.26. The van der Waals surface area contributed by atoms with Crippen LogP contribution < -0.4 is 4.74 Å². The highest BCUT2D eigenvalue weighted by atomic mass is 32.2. The molecule has 0 aromatic heterocycles. The third-order valence-electron chi connectivity index (χ3n) is 1.28. The Hall–Kier alpha value is -0.630. The van der Waals surface area contributed by atoms with E-state index in [1.54, 1.807) is 11.8 Å². The second-order valence-corrected chi connectivity index (χ2v) is 2.82. The van der Waals surface area contributed by atoms with Crippen LogP contribution in [-0.4, -0.2) is 5.94 Å². The number of ether oxygens (including phenoxy) is 1. The molecule has 0 unspecified atom stereocenters. The van der Waals surface area contributed by atoms with E-state index in [0.29, 0.717) is 0 Å². The molecule has 46 valence electrons. The van der Waals surface area contributed by atoms with Crippen LogP contribution in [0.1, 0.15) is 0 Å². The summed E-state index contributed by atoms with van der Waals surface area (Å²) in [6.45, 7) is 0. The van der Waals surface area contributed by atoms with Gasteiger partial charge < -0.3 is 4.74 Å². The average molecular weight is 138 g/mol. The molecule has 2 heteroatoms. The van der Waals surface area contributed by atoms with E-state index < -0.39 is 0 Å². The molecule has 0 amide bonds. The number of rotatable bonds is 0. The van der Waals surface area contributed by atoms with Crippen molar-refractivity contribution in [2.24, 2.45) is 0 Å². The second kappa shape index (κ2) is 1.95. The van der Waals surface area contributed by atoms with E-state index in [2.05, 4.69) is 6.07 Å². The Morgan fingerprint density at radius 3 is 3.11 bits per heavy atom. The van der Waals surface area contributed by atoms with E-state index in [0.717, 1.165) is 11.7 Å². The molecular weight excluding hydrogens is 132 g/mol. The van der Waals surface area contributed by atoms with Crippen LogP contribution >= 0.6 is 11.8 Å². The zero-order valence-electron chi connectivity index (χ0n) is 4.83. The minimum atomic E-state index is 0.777. The van der Waals surface area contributed by atoms with E-state index in [1.165, 1.54) is 4.90 Å². The Morgan fingerprint density at radius 1 is 1.33 bits per heavy atom. The van der Waals surface area contributed by atoms with Gasteiger partial charge >= 0.3 is 0 Å². The highest BCUT2D eigenvalue weighted by Crippen LogP contribution is 2.34. The zero-order chi connectivity index (χ0) is 6.10. The monoisotopic (exact) mass is 138 g/mol. The molecule has 1 nitrogen and oxygen atoms in total. The van der Waals surface area contributed by atoms with Crippen LogP contribution in [0.25, 0.3) is 0 Å². The summed E-state index contributed by atoms with van der Waals surface area (Å²) >= 11 is 1.75. The van der Waals surface area contributed by atoms with Crippen LogP contribution in [0, 0.1) is 0 Å². The minimum Gasteiger partial charge on any atom is -0.481 e. The smallest absolute Gasteiger partial charge is 0.138 e. The van der Waals surface area contributed by atoms with Gasteiger partial charge in [0.2, 0.25) is 0 Å². The van der Waals surface area contributed by atoms with Gasteiger partial charge in [-0.15, -0.1) is 0 Å². The summed E-state index contributed by atoms with van der Waals surface area (Å²) in [4.78, 5) is 1.26. The summed E-state index contributed by atoms with van der Waals surface area (Å²) in [6.07, 6.45) is 0. The second-order valence-electron chi connectivity index (χ2n) is 1.85. The SMILES string of the molecule is c1ccc2c(c1)OCS2. The molecule has 0 radical (unpaired) electrons. The van der Waals surface area contributed by atoms with Crippen molar-refractivity contribution in [3.05, 3.63) is 24.3 Å². The van der Waals surface area contributed by atoms with Gasteiger partial charge in [0, 0.05) is 0 Å². The third-order valence-corrected chi connectivity index (χ3v) is 2.16. The Morgan fingerprint density at radius 2 is 2.22 bits per heavy atom. The Balaban J connectivity index is 2.54. The molecule has 0 N–H and O–H groups in total. The van der Waals surface area contributed by atoms with Crippen LogP contribution in [0.3, 0.4) is 0 Å². The van der Waals surface area contributed by atoms with Gasteiger partial charge in [0.1, 0.15) is 11.7 Å². The van der Waals surface area contributed by atoms with Crippen molar-refractivity contribution in [1.82, 2.24) is 0 Å². The van der Waals surface area contributed by atoms with Gasteiger partial charge in [0.05, 0.1) is 4.90 Å². The molecule has 1 aromatic carbocycles. The molecule has 1 aliphatic rings. The maximum Gasteiger partial charge on any atom is 0.138 e. The van der Waals surface area contributed by atoms with Crippen LogP contribution in [0.15, 0.2) is 29.2 Å². The first-order chi connectivity index (χ1) is 4.47. The molecule has 1 aliphatic heterocycles. The zero-order valence-corrected chi connectivity index (χ0v) is 5.65. The van der Waals surface area contributed by atoms with Crippen LogP contribution in [0.4, 0.5) is 0 Å². The number of benzene rings is 1. The molecule has 0 spiro atoms. The Kier molecular flexibility index (Phi) is 1.12. The van der Waals surface area contributed by atoms with Crippen molar-refractivity contribution >= 4 is 11.8 Å². The highest BCUT2D eigenvalue weighted by molar-refractivity contribution is 7.99. The van der Waals surface area contributed by atoms with Gasteiger partial charge in [-0.25, -0.2) is 0 Å². The standard InChI is InChI=1S/C7H6OS/c1-2-4-7-6(3-1)8-5-9-7/h1-4H,5H2. The maximum absolute atomic E-state index is 5.26. The van der Waals surface area contributed by atoms with Gasteiger partial charge in [-0.1, -0.05) is 23.9 Å². The van der Waals surface area contributed by atoms with Gasteiger partial charge in [-0.05, 0) is 12.1 Å². The quantitative estimate of drug-likeness (QED) is 0.543. The molecule has 2 rings (SSSR count). The number of fused-ring (bicyclic) bond motifs is 1. The topological polar surface area (TPSA) is 9.23 Å². The van der Waals surface area contributed by atoms with Crippen LogP contribution in [0.5, 0.6) is 5.75 Å². The molecule has 0 saturated heterocycles. The normalized spacial score (nSPS) is 14.7. The summed E-state index contributed by atoms with van der Waals surface area (Å²) in [5.74, 6) is 1.81. The minimum absolute atomic E-state index is 0.777. The van der Waals surface area contributed by atoms with E-state index in [-0.39, 0.29) is 0 Å². The summed E-state index contributed by atoms with van der Waals surface area (Å²) < 4.78 is 5.26. The molecule has 9 heavy (non-hydrogen) atoms. The first kappa shape index (κ1) is 5.18. The summed E-state index contributed by atoms with van der Waals surface area (Å²) in [5.41, 5.74) is 0. The summed E-state index contributed by atoms with van der Waals surface area (Å²) in [5, 5.41) is 0. The molecule has 1 aromatic rings. The first-order valence-electron chi connectivity index (χ1n) is 2.81. The van der Waals surface area contributed by atoms with Gasteiger partial charge in [-0.3, -0.25) is 0 Å². The van der Waals surface area contributed by atoms with Crippen molar-refractivity contribution in [3.8, 4) is 5.75 Å². The molecule has 1 heterocycles. The lowest BCUT2D eigenvalue weighted by Crippen LogP contribution is -1.80. The van der Waals surface area contributed by atoms with Crippen LogP contribution in [0.2, 0.25) is 0 Å². The first-order valence-corrected chi connectivity index (χ1v) is 3.80. The number of hydrogen-bond donors (Lipinski definition) is 0. The van der Waals surface area contributed by atoms with Crippen molar-refractivity contribution in [1.29, 1.82) is 0 Å². The number of para-hydroxylation sites is 1. The summed E-state index contributed by atoms with van der Waals surface area (Å²) in [6, 6.07) is 8.09.